The van der Waals surface area contributed by atoms with Gasteiger partial charge in [0.25, 0.3) is 0 Å². The summed E-state index contributed by atoms with van der Waals surface area (Å²) in [7, 11) is 2.79. The third-order valence-electron chi connectivity index (χ3n) is 2.51. The monoisotopic (exact) mass is 307 g/mol. The van der Waals surface area contributed by atoms with E-state index in [0.717, 1.165) is 9.58 Å². The summed E-state index contributed by atoms with van der Waals surface area (Å²) in [5, 5.41) is 3.71. The molecule has 0 aliphatic carbocycles. The van der Waals surface area contributed by atoms with Crippen molar-refractivity contribution in [2.75, 3.05) is 32.9 Å². The SMILES string of the molecule is CN(C)C(=O)CN(CC(F)(F)F)C(=O)Cn1ccc(N)n1. The van der Waals surface area contributed by atoms with E-state index in [1.54, 1.807) is 0 Å². The van der Waals surface area contributed by atoms with E-state index in [4.69, 9.17) is 5.73 Å². The molecule has 1 heterocycles. The number of carbonyl (C=O) groups excluding carboxylic acids is 2. The Morgan fingerprint density at radius 3 is 2.38 bits per heavy atom. The first kappa shape index (κ1) is 16.8. The van der Waals surface area contributed by atoms with E-state index in [9.17, 15) is 22.8 Å². The molecule has 0 aliphatic heterocycles. The molecular formula is C11H16F3N5O2. The van der Waals surface area contributed by atoms with Crippen LogP contribution in [0, 0.1) is 0 Å². The number of hydrogen-bond acceptors (Lipinski definition) is 4. The number of anilines is 1. The van der Waals surface area contributed by atoms with E-state index in [1.165, 1.54) is 26.4 Å². The Hall–Kier alpha value is -2.26. The predicted octanol–water partition coefficient (Wildman–Crippen LogP) is -0.0556. The molecule has 0 aliphatic rings. The average Bonchev–Trinajstić information content (AvgIpc) is 2.71. The van der Waals surface area contributed by atoms with Crippen LogP contribution in [0.4, 0.5) is 19.0 Å². The summed E-state index contributed by atoms with van der Waals surface area (Å²) in [6, 6.07) is 1.41. The summed E-state index contributed by atoms with van der Waals surface area (Å²) in [6.07, 6.45) is -3.22. The largest absolute Gasteiger partial charge is 0.406 e. The first-order valence-corrected chi connectivity index (χ1v) is 5.92. The van der Waals surface area contributed by atoms with Gasteiger partial charge in [0.05, 0.1) is 0 Å². The second-order valence-corrected chi connectivity index (χ2v) is 4.59. The standard InChI is InChI=1S/C11H16F3N5O2/c1-17(2)9(20)5-18(7-11(12,13)14)10(21)6-19-4-3-8(15)16-19/h3-4H,5-7H2,1-2H3,(H2,15,16). The molecule has 0 unspecified atom stereocenters. The fourth-order valence-corrected chi connectivity index (χ4v) is 1.46. The number of hydrogen-bond donors (Lipinski definition) is 1. The highest BCUT2D eigenvalue weighted by atomic mass is 19.4. The van der Waals surface area contributed by atoms with Crippen LogP contribution in [-0.2, 0) is 16.1 Å². The van der Waals surface area contributed by atoms with Gasteiger partial charge in [-0.05, 0) is 6.07 Å². The first-order valence-electron chi connectivity index (χ1n) is 5.92. The van der Waals surface area contributed by atoms with E-state index in [-0.39, 0.29) is 5.82 Å². The van der Waals surface area contributed by atoms with E-state index in [0.29, 0.717) is 4.90 Å². The molecule has 0 spiro atoms. The van der Waals surface area contributed by atoms with E-state index in [2.05, 4.69) is 5.10 Å². The Kier molecular flexibility index (Phi) is 5.17. The number of nitrogens with zero attached hydrogens (tertiary/aromatic N) is 4. The number of likely N-dealkylation sites (N-methyl/N-ethyl adjacent to an activating group) is 1. The van der Waals surface area contributed by atoms with Crippen LogP contribution in [0.25, 0.3) is 0 Å². The van der Waals surface area contributed by atoms with Crippen molar-refractivity contribution in [1.82, 2.24) is 19.6 Å². The van der Waals surface area contributed by atoms with Gasteiger partial charge in [-0.3, -0.25) is 14.3 Å². The number of carbonyl (C=O) groups is 2. The fourth-order valence-electron chi connectivity index (χ4n) is 1.46. The second-order valence-electron chi connectivity index (χ2n) is 4.59. The zero-order valence-corrected chi connectivity index (χ0v) is 11.6. The number of alkyl halides is 3. The minimum Gasteiger partial charge on any atom is -0.382 e. The molecule has 1 aromatic heterocycles. The summed E-state index contributed by atoms with van der Waals surface area (Å²) in [5.41, 5.74) is 5.36. The summed E-state index contributed by atoms with van der Waals surface area (Å²) in [6.45, 7) is -2.57. The van der Waals surface area contributed by atoms with Crippen molar-refractivity contribution in [2.24, 2.45) is 0 Å². The van der Waals surface area contributed by atoms with E-state index in [1.807, 2.05) is 0 Å². The van der Waals surface area contributed by atoms with Crippen molar-refractivity contribution in [3.63, 3.8) is 0 Å². The van der Waals surface area contributed by atoms with Crippen molar-refractivity contribution in [2.45, 2.75) is 12.7 Å². The molecule has 10 heteroatoms. The quantitative estimate of drug-likeness (QED) is 0.826. The highest BCUT2D eigenvalue weighted by Gasteiger charge is 2.34. The number of nitrogen functional groups attached to an aromatic ring is 1. The van der Waals surface area contributed by atoms with Crippen molar-refractivity contribution in [3.05, 3.63) is 12.3 Å². The third kappa shape index (κ3) is 5.71. The zero-order valence-electron chi connectivity index (χ0n) is 11.6. The Morgan fingerprint density at radius 1 is 1.33 bits per heavy atom. The number of nitrogens with two attached hydrogens (primary N) is 1. The summed E-state index contributed by atoms with van der Waals surface area (Å²) in [4.78, 5) is 25.0. The van der Waals surface area contributed by atoms with Crippen molar-refractivity contribution < 1.29 is 22.8 Å². The molecule has 0 bridgehead atoms. The first-order chi connectivity index (χ1) is 9.58. The highest BCUT2D eigenvalue weighted by molar-refractivity contribution is 5.84. The molecule has 0 radical (unpaired) electrons. The lowest BCUT2D eigenvalue weighted by atomic mass is 10.4. The maximum absolute atomic E-state index is 12.5. The normalized spacial score (nSPS) is 11.3. The van der Waals surface area contributed by atoms with Gasteiger partial charge in [-0.1, -0.05) is 0 Å². The number of halogens is 3. The van der Waals surface area contributed by atoms with Gasteiger partial charge in [-0.2, -0.15) is 18.3 Å². The molecule has 21 heavy (non-hydrogen) atoms. The number of amides is 2. The topological polar surface area (TPSA) is 84.5 Å². The minimum absolute atomic E-state index is 0.148. The van der Waals surface area contributed by atoms with Crippen LogP contribution in [0.2, 0.25) is 0 Å². The molecular weight excluding hydrogens is 291 g/mol. The lowest BCUT2D eigenvalue weighted by Crippen LogP contribution is -2.46. The van der Waals surface area contributed by atoms with Crippen molar-refractivity contribution in [1.29, 1.82) is 0 Å². The Labute approximate surface area is 119 Å². The maximum Gasteiger partial charge on any atom is 0.406 e. The van der Waals surface area contributed by atoms with Gasteiger partial charge in [0.15, 0.2) is 0 Å². The van der Waals surface area contributed by atoms with Crippen LogP contribution in [0.3, 0.4) is 0 Å². The van der Waals surface area contributed by atoms with Crippen LogP contribution in [-0.4, -0.2) is 64.8 Å². The lowest BCUT2D eigenvalue weighted by Gasteiger charge is -2.24. The van der Waals surface area contributed by atoms with Gasteiger partial charge in [0.2, 0.25) is 11.8 Å². The van der Waals surface area contributed by atoms with Gasteiger partial charge in [0.1, 0.15) is 25.5 Å². The third-order valence-corrected chi connectivity index (χ3v) is 2.51. The predicted molar refractivity (Wildman–Crippen MR) is 68.0 cm³/mol. The van der Waals surface area contributed by atoms with Crippen molar-refractivity contribution >= 4 is 17.6 Å². The molecule has 2 N–H and O–H groups in total. The zero-order chi connectivity index (χ0) is 16.2. The molecule has 0 atom stereocenters. The van der Waals surface area contributed by atoms with Gasteiger partial charge in [0, 0.05) is 20.3 Å². The van der Waals surface area contributed by atoms with Gasteiger partial charge in [-0.25, -0.2) is 0 Å². The summed E-state index contributed by atoms with van der Waals surface area (Å²) < 4.78 is 38.6. The highest BCUT2D eigenvalue weighted by Crippen LogP contribution is 2.17. The molecule has 0 fully saturated rings. The molecule has 2 amide bonds. The van der Waals surface area contributed by atoms with Gasteiger partial charge < -0.3 is 15.5 Å². The number of rotatable bonds is 5. The Balaban J connectivity index is 2.79. The Bertz CT molecular complexity index is 512. The molecule has 0 saturated heterocycles. The fraction of sp³-hybridized carbons (Fsp3) is 0.545. The Morgan fingerprint density at radius 2 is 1.95 bits per heavy atom. The summed E-state index contributed by atoms with van der Waals surface area (Å²) >= 11 is 0. The van der Waals surface area contributed by atoms with E-state index < -0.39 is 37.6 Å². The van der Waals surface area contributed by atoms with Crippen LogP contribution in [0.1, 0.15) is 0 Å². The van der Waals surface area contributed by atoms with Crippen LogP contribution < -0.4 is 5.73 Å². The van der Waals surface area contributed by atoms with Crippen molar-refractivity contribution in [3.8, 4) is 0 Å². The molecule has 0 aromatic carbocycles. The number of aromatic nitrogens is 2. The molecule has 1 rings (SSSR count). The summed E-state index contributed by atoms with van der Waals surface area (Å²) in [5.74, 6) is -1.33. The lowest BCUT2D eigenvalue weighted by molar-refractivity contribution is -0.164. The van der Waals surface area contributed by atoms with Crippen LogP contribution >= 0.6 is 0 Å². The smallest absolute Gasteiger partial charge is 0.382 e. The maximum atomic E-state index is 12.5. The van der Waals surface area contributed by atoms with Crippen LogP contribution in [0.15, 0.2) is 12.3 Å². The second kappa shape index (κ2) is 6.46. The molecule has 0 saturated carbocycles. The van der Waals surface area contributed by atoms with Gasteiger partial charge >= 0.3 is 6.18 Å². The minimum atomic E-state index is -4.59. The molecule has 1 aromatic rings. The van der Waals surface area contributed by atoms with Crippen LogP contribution in [0.5, 0.6) is 0 Å². The molecule has 118 valence electrons. The van der Waals surface area contributed by atoms with E-state index >= 15 is 0 Å². The van der Waals surface area contributed by atoms with Gasteiger partial charge in [-0.15, -0.1) is 0 Å². The average molecular weight is 307 g/mol. The molecule has 7 nitrogen and oxygen atoms in total.